The maximum atomic E-state index is 5.14. The molecule has 2 aromatic rings. The van der Waals surface area contributed by atoms with Crippen LogP contribution in [-0.4, -0.2) is 26.0 Å². The Labute approximate surface area is 113 Å². The van der Waals surface area contributed by atoms with E-state index in [4.69, 9.17) is 4.52 Å². The average Bonchev–Trinajstić information content (AvgIpc) is 2.97. The molecule has 2 heterocycles. The second-order valence-electron chi connectivity index (χ2n) is 4.88. The fourth-order valence-electron chi connectivity index (χ4n) is 1.85. The van der Waals surface area contributed by atoms with Crippen LogP contribution in [0.1, 0.15) is 37.5 Å². The van der Waals surface area contributed by atoms with Gasteiger partial charge >= 0.3 is 0 Å². The molecule has 2 aromatic heterocycles. The maximum Gasteiger partial charge on any atom is 0.226 e. The van der Waals surface area contributed by atoms with Gasteiger partial charge in [0.15, 0.2) is 5.82 Å². The van der Waals surface area contributed by atoms with Crippen LogP contribution in [0, 0.1) is 6.92 Å². The highest BCUT2D eigenvalue weighted by Crippen LogP contribution is 2.01. The molecule has 1 N–H and O–H groups in total. The van der Waals surface area contributed by atoms with Gasteiger partial charge in [0, 0.05) is 18.7 Å². The SMILES string of the molecule is CCCc1nc(CNC(C)Cn2cc(C)cn2)no1. The van der Waals surface area contributed by atoms with Crippen molar-refractivity contribution in [1.29, 1.82) is 0 Å². The summed E-state index contributed by atoms with van der Waals surface area (Å²) in [5.74, 6) is 1.43. The number of nitrogens with zero attached hydrogens (tertiary/aromatic N) is 4. The molecule has 104 valence electrons. The molecular formula is C13H21N5O. The van der Waals surface area contributed by atoms with Crippen molar-refractivity contribution < 1.29 is 4.52 Å². The molecule has 0 amide bonds. The van der Waals surface area contributed by atoms with E-state index in [2.05, 4.69) is 34.4 Å². The quantitative estimate of drug-likeness (QED) is 0.823. The number of rotatable bonds is 7. The third-order valence-corrected chi connectivity index (χ3v) is 2.81. The summed E-state index contributed by atoms with van der Waals surface area (Å²) in [6.07, 6.45) is 5.76. The maximum absolute atomic E-state index is 5.14. The van der Waals surface area contributed by atoms with E-state index in [1.54, 1.807) is 0 Å². The first-order chi connectivity index (χ1) is 9.17. The van der Waals surface area contributed by atoms with Crippen molar-refractivity contribution in [3.63, 3.8) is 0 Å². The Kier molecular flexibility index (Phi) is 4.68. The Morgan fingerprint density at radius 2 is 2.32 bits per heavy atom. The normalized spacial score (nSPS) is 12.8. The first-order valence-electron chi connectivity index (χ1n) is 6.71. The van der Waals surface area contributed by atoms with Gasteiger partial charge < -0.3 is 9.84 Å². The molecule has 0 bridgehead atoms. The van der Waals surface area contributed by atoms with Gasteiger partial charge in [0.2, 0.25) is 5.89 Å². The van der Waals surface area contributed by atoms with Crippen LogP contribution in [0.4, 0.5) is 0 Å². The van der Waals surface area contributed by atoms with Gasteiger partial charge in [0.05, 0.1) is 19.3 Å². The lowest BCUT2D eigenvalue weighted by molar-refractivity contribution is 0.367. The summed E-state index contributed by atoms with van der Waals surface area (Å²) < 4.78 is 7.08. The predicted octanol–water partition coefficient (Wildman–Crippen LogP) is 1.71. The van der Waals surface area contributed by atoms with Crippen molar-refractivity contribution in [2.45, 2.75) is 52.7 Å². The highest BCUT2D eigenvalue weighted by atomic mass is 16.5. The van der Waals surface area contributed by atoms with Crippen LogP contribution in [0.25, 0.3) is 0 Å². The summed E-state index contributed by atoms with van der Waals surface area (Å²) in [5, 5.41) is 11.6. The van der Waals surface area contributed by atoms with Crippen molar-refractivity contribution in [3.8, 4) is 0 Å². The number of hydrogen-bond acceptors (Lipinski definition) is 5. The standard InChI is InChI=1S/C13H21N5O/c1-4-5-13-16-12(17-19-13)7-14-11(3)9-18-8-10(2)6-15-18/h6,8,11,14H,4-5,7,9H2,1-3H3. The summed E-state index contributed by atoms with van der Waals surface area (Å²) in [5.41, 5.74) is 1.18. The molecule has 0 aliphatic rings. The smallest absolute Gasteiger partial charge is 0.226 e. The summed E-state index contributed by atoms with van der Waals surface area (Å²) in [6.45, 7) is 7.69. The van der Waals surface area contributed by atoms with Crippen LogP contribution in [0.15, 0.2) is 16.9 Å². The lowest BCUT2D eigenvalue weighted by Gasteiger charge is -2.12. The highest BCUT2D eigenvalue weighted by Gasteiger charge is 2.08. The predicted molar refractivity (Wildman–Crippen MR) is 71.6 cm³/mol. The number of aromatic nitrogens is 4. The second kappa shape index (κ2) is 6.47. The van der Waals surface area contributed by atoms with Crippen molar-refractivity contribution >= 4 is 0 Å². The number of nitrogens with one attached hydrogen (secondary N) is 1. The fraction of sp³-hybridized carbons (Fsp3) is 0.615. The van der Waals surface area contributed by atoms with Crippen LogP contribution < -0.4 is 5.32 Å². The van der Waals surface area contributed by atoms with Crippen LogP contribution in [0.3, 0.4) is 0 Å². The molecule has 0 saturated heterocycles. The molecule has 6 nitrogen and oxygen atoms in total. The Hall–Kier alpha value is -1.69. The number of aryl methyl sites for hydroxylation is 2. The minimum absolute atomic E-state index is 0.299. The van der Waals surface area contributed by atoms with Crippen LogP contribution in [0.2, 0.25) is 0 Å². The van der Waals surface area contributed by atoms with Gasteiger partial charge in [0.1, 0.15) is 0 Å². The van der Waals surface area contributed by atoms with E-state index < -0.39 is 0 Å². The van der Waals surface area contributed by atoms with Crippen LogP contribution >= 0.6 is 0 Å². The summed E-state index contributed by atoms with van der Waals surface area (Å²) >= 11 is 0. The van der Waals surface area contributed by atoms with Gasteiger partial charge in [-0.05, 0) is 25.8 Å². The largest absolute Gasteiger partial charge is 0.339 e. The van der Waals surface area contributed by atoms with Gasteiger partial charge in [0.25, 0.3) is 0 Å². The molecule has 6 heteroatoms. The first kappa shape index (κ1) is 13.7. The minimum Gasteiger partial charge on any atom is -0.339 e. The van der Waals surface area contributed by atoms with Gasteiger partial charge in [-0.15, -0.1) is 0 Å². The van der Waals surface area contributed by atoms with E-state index in [1.807, 2.05) is 24.0 Å². The Morgan fingerprint density at radius 3 is 3.00 bits per heavy atom. The molecular weight excluding hydrogens is 242 g/mol. The Morgan fingerprint density at radius 1 is 1.47 bits per heavy atom. The zero-order valence-corrected chi connectivity index (χ0v) is 11.8. The Bertz CT molecular complexity index is 505. The van der Waals surface area contributed by atoms with E-state index in [9.17, 15) is 0 Å². The molecule has 0 aromatic carbocycles. The van der Waals surface area contributed by atoms with Gasteiger partial charge in [-0.3, -0.25) is 4.68 Å². The summed E-state index contributed by atoms with van der Waals surface area (Å²) in [6, 6.07) is 0.299. The molecule has 1 unspecified atom stereocenters. The van der Waals surface area contributed by atoms with Crippen molar-refractivity contribution in [3.05, 3.63) is 29.7 Å². The number of hydrogen-bond donors (Lipinski definition) is 1. The van der Waals surface area contributed by atoms with Crippen molar-refractivity contribution in [2.75, 3.05) is 0 Å². The Balaban J connectivity index is 1.77. The van der Waals surface area contributed by atoms with E-state index in [0.29, 0.717) is 18.4 Å². The topological polar surface area (TPSA) is 68.8 Å². The zero-order valence-electron chi connectivity index (χ0n) is 11.8. The lowest BCUT2D eigenvalue weighted by Crippen LogP contribution is -2.30. The fourth-order valence-corrected chi connectivity index (χ4v) is 1.85. The third kappa shape index (κ3) is 4.17. The van der Waals surface area contributed by atoms with Crippen molar-refractivity contribution in [2.24, 2.45) is 0 Å². The first-order valence-corrected chi connectivity index (χ1v) is 6.71. The molecule has 0 spiro atoms. The average molecular weight is 263 g/mol. The van der Waals surface area contributed by atoms with E-state index in [1.165, 1.54) is 5.56 Å². The lowest BCUT2D eigenvalue weighted by atomic mass is 10.3. The molecule has 0 aliphatic carbocycles. The van der Waals surface area contributed by atoms with Gasteiger partial charge in [-0.2, -0.15) is 10.1 Å². The molecule has 0 saturated carbocycles. The highest BCUT2D eigenvalue weighted by molar-refractivity contribution is 4.99. The van der Waals surface area contributed by atoms with Gasteiger partial charge in [-0.1, -0.05) is 12.1 Å². The van der Waals surface area contributed by atoms with E-state index in [0.717, 1.165) is 25.3 Å². The van der Waals surface area contributed by atoms with Crippen LogP contribution in [0.5, 0.6) is 0 Å². The van der Waals surface area contributed by atoms with E-state index >= 15 is 0 Å². The molecule has 0 radical (unpaired) electrons. The van der Waals surface area contributed by atoms with Crippen molar-refractivity contribution in [1.82, 2.24) is 25.2 Å². The third-order valence-electron chi connectivity index (χ3n) is 2.81. The zero-order chi connectivity index (χ0) is 13.7. The molecule has 1 atom stereocenters. The van der Waals surface area contributed by atoms with Gasteiger partial charge in [-0.25, -0.2) is 0 Å². The molecule has 0 aliphatic heterocycles. The minimum atomic E-state index is 0.299. The molecule has 0 fully saturated rings. The van der Waals surface area contributed by atoms with E-state index in [-0.39, 0.29) is 0 Å². The molecule has 19 heavy (non-hydrogen) atoms. The summed E-state index contributed by atoms with van der Waals surface area (Å²) in [4.78, 5) is 4.32. The van der Waals surface area contributed by atoms with Crippen LogP contribution in [-0.2, 0) is 19.5 Å². The molecule has 2 rings (SSSR count). The monoisotopic (exact) mass is 263 g/mol. The summed E-state index contributed by atoms with van der Waals surface area (Å²) in [7, 11) is 0. The second-order valence-corrected chi connectivity index (χ2v) is 4.88.